The molecule has 1 aromatic heterocycles. The maximum absolute atomic E-state index is 10.9. The second kappa shape index (κ2) is 6.49. The van der Waals surface area contributed by atoms with Crippen LogP contribution in [0.4, 0.5) is 5.82 Å². The molecular weight excluding hydrogens is 236 g/mol. The van der Waals surface area contributed by atoms with Crippen LogP contribution in [0.25, 0.3) is 0 Å². The van der Waals surface area contributed by atoms with Crippen molar-refractivity contribution in [1.29, 1.82) is 0 Å². The quantitative estimate of drug-likeness (QED) is 0.817. The monoisotopic (exact) mass is 254 g/mol. The molecule has 0 bridgehead atoms. The fourth-order valence-electron chi connectivity index (χ4n) is 1.49. The van der Waals surface area contributed by atoms with E-state index in [0.29, 0.717) is 17.6 Å². The van der Waals surface area contributed by atoms with Gasteiger partial charge in [-0.15, -0.1) is 0 Å². The Morgan fingerprint density at radius 1 is 1.59 bits per heavy atom. The van der Waals surface area contributed by atoms with Crippen molar-refractivity contribution in [3.63, 3.8) is 0 Å². The molecule has 0 fully saturated rings. The van der Waals surface area contributed by atoms with Gasteiger partial charge in [-0.3, -0.25) is 0 Å². The fourth-order valence-corrected chi connectivity index (χ4v) is 2.07. The lowest BCUT2D eigenvalue weighted by atomic mass is 10.2. The highest BCUT2D eigenvalue weighted by atomic mass is 32.2. The minimum Gasteiger partial charge on any atom is -0.478 e. The van der Waals surface area contributed by atoms with Crippen LogP contribution in [0.5, 0.6) is 0 Å². The van der Waals surface area contributed by atoms with Crippen LogP contribution < -0.4 is 5.32 Å². The predicted octanol–water partition coefficient (Wildman–Crippen LogP) is 2.64. The molecule has 5 heteroatoms. The smallest absolute Gasteiger partial charge is 0.335 e. The molecule has 17 heavy (non-hydrogen) atoms. The van der Waals surface area contributed by atoms with Gasteiger partial charge in [-0.1, -0.05) is 0 Å². The molecule has 1 rings (SSSR count). The molecule has 1 heterocycles. The van der Waals surface area contributed by atoms with Crippen LogP contribution in [-0.2, 0) is 0 Å². The number of thioether (sulfide) groups is 1. The van der Waals surface area contributed by atoms with E-state index >= 15 is 0 Å². The number of aromatic nitrogens is 1. The van der Waals surface area contributed by atoms with Crippen molar-refractivity contribution in [2.24, 2.45) is 0 Å². The average Bonchev–Trinajstić information content (AvgIpc) is 2.25. The lowest BCUT2D eigenvalue weighted by Crippen LogP contribution is -2.17. The molecule has 0 aliphatic heterocycles. The Kier molecular flexibility index (Phi) is 5.28. The zero-order chi connectivity index (χ0) is 12.8. The Bertz CT molecular complexity index is 396. The summed E-state index contributed by atoms with van der Waals surface area (Å²) in [6.07, 6.45) is 3.10. The standard InChI is InChI=1S/C12H18N2O2S/c1-8(4-5-17-3)13-11-7-10(12(15)16)6-9(2)14-11/h6-8H,4-5H2,1-3H3,(H,13,14)(H,15,16). The summed E-state index contributed by atoms with van der Waals surface area (Å²) in [4.78, 5) is 15.2. The maximum Gasteiger partial charge on any atom is 0.335 e. The topological polar surface area (TPSA) is 62.2 Å². The van der Waals surface area contributed by atoms with E-state index in [2.05, 4.69) is 23.5 Å². The van der Waals surface area contributed by atoms with Crippen LogP contribution in [0.2, 0.25) is 0 Å². The first-order valence-electron chi connectivity index (χ1n) is 5.50. The summed E-state index contributed by atoms with van der Waals surface area (Å²) >= 11 is 1.80. The van der Waals surface area contributed by atoms with Crippen LogP contribution in [0.1, 0.15) is 29.4 Å². The normalized spacial score (nSPS) is 12.2. The van der Waals surface area contributed by atoms with Crippen LogP contribution in [0.15, 0.2) is 12.1 Å². The van der Waals surface area contributed by atoms with Crippen LogP contribution >= 0.6 is 11.8 Å². The molecule has 1 aromatic rings. The minimum absolute atomic E-state index is 0.275. The number of nitrogens with one attached hydrogen (secondary N) is 1. The molecule has 0 amide bonds. The third kappa shape index (κ3) is 4.65. The van der Waals surface area contributed by atoms with Crippen molar-refractivity contribution in [3.05, 3.63) is 23.4 Å². The summed E-state index contributed by atoms with van der Waals surface area (Å²) in [5, 5.41) is 12.2. The number of nitrogens with zero attached hydrogens (tertiary/aromatic N) is 1. The zero-order valence-electron chi connectivity index (χ0n) is 10.4. The molecule has 0 aliphatic carbocycles. The van der Waals surface area contributed by atoms with E-state index in [9.17, 15) is 4.79 Å². The Morgan fingerprint density at radius 2 is 2.29 bits per heavy atom. The summed E-state index contributed by atoms with van der Waals surface area (Å²) in [6, 6.07) is 3.43. The van der Waals surface area contributed by atoms with E-state index < -0.39 is 5.97 Å². The van der Waals surface area contributed by atoms with Crippen molar-refractivity contribution in [2.75, 3.05) is 17.3 Å². The largest absolute Gasteiger partial charge is 0.478 e. The second-order valence-electron chi connectivity index (χ2n) is 4.01. The van der Waals surface area contributed by atoms with Crippen molar-refractivity contribution in [2.45, 2.75) is 26.3 Å². The number of hydrogen-bond acceptors (Lipinski definition) is 4. The number of rotatable bonds is 6. The van der Waals surface area contributed by atoms with Crippen LogP contribution in [0.3, 0.4) is 0 Å². The molecule has 0 saturated heterocycles. The Balaban J connectivity index is 2.73. The summed E-state index contributed by atoms with van der Waals surface area (Å²) < 4.78 is 0. The molecule has 0 aliphatic rings. The Labute approximate surface area is 106 Å². The van der Waals surface area contributed by atoms with E-state index in [1.165, 1.54) is 0 Å². The van der Waals surface area contributed by atoms with Gasteiger partial charge in [0.15, 0.2) is 0 Å². The van der Waals surface area contributed by atoms with Crippen LogP contribution in [0, 0.1) is 6.92 Å². The third-order valence-electron chi connectivity index (χ3n) is 2.35. The first kappa shape index (κ1) is 13.8. The van der Waals surface area contributed by atoms with E-state index in [1.54, 1.807) is 30.8 Å². The molecule has 1 unspecified atom stereocenters. The van der Waals surface area contributed by atoms with Gasteiger partial charge in [-0.05, 0) is 44.4 Å². The molecular formula is C12H18N2O2S. The number of hydrogen-bond donors (Lipinski definition) is 2. The highest BCUT2D eigenvalue weighted by molar-refractivity contribution is 7.98. The van der Waals surface area contributed by atoms with E-state index in [1.807, 2.05) is 0 Å². The first-order valence-corrected chi connectivity index (χ1v) is 6.89. The van der Waals surface area contributed by atoms with Crippen molar-refractivity contribution in [3.8, 4) is 0 Å². The lowest BCUT2D eigenvalue weighted by Gasteiger charge is -2.14. The molecule has 0 saturated carbocycles. The van der Waals surface area contributed by atoms with Gasteiger partial charge >= 0.3 is 5.97 Å². The van der Waals surface area contributed by atoms with Crippen molar-refractivity contribution >= 4 is 23.5 Å². The maximum atomic E-state index is 10.9. The Hall–Kier alpha value is -1.23. The Morgan fingerprint density at radius 3 is 2.88 bits per heavy atom. The molecule has 94 valence electrons. The number of aromatic carboxylic acids is 1. The summed E-state index contributed by atoms with van der Waals surface area (Å²) in [5.74, 6) is 0.789. The molecule has 4 nitrogen and oxygen atoms in total. The summed E-state index contributed by atoms with van der Waals surface area (Å²) in [5.41, 5.74) is 0.988. The molecule has 2 N–H and O–H groups in total. The number of anilines is 1. The minimum atomic E-state index is -0.921. The van der Waals surface area contributed by atoms with Crippen molar-refractivity contribution < 1.29 is 9.90 Å². The number of carbonyl (C=O) groups is 1. The van der Waals surface area contributed by atoms with Crippen molar-refractivity contribution in [1.82, 2.24) is 4.98 Å². The van der Waals surface area contributed by atoms with Gasteiger partial charge in [0.2, 0.25) is 0 Å². The fraction of sp³-hybridized carbons (Fsp3) is 0.500. The van der Waals surface area contributed by atoms with E-state index in [0.717, 1.165) is 12.2 Å². The van der Waals surface area contributed by atoms with Gasteiger partial charge in [0.1, 0.15) is 5.82 Å². The SMILES string of the molecule is CSCCC(C)Nc1cc(C(=O)O)cc(C)n1. The van der Waals surface area contributed by atoms with E-state index in [4.69, 9.17) is 5.11 Å². The molecule has 0 spiro atoms. The van der Waals surface area contributed by atoms with E-state index in [-0.39, 0.29) is 5.56 Å². The zero-order valence-corrected chi connectivity index (χ0v) is 11.2. The van der Waals surface area contributed by atoms with Gasteiger partial charge < -0.3 is 10.4 Å². The average molecular weight is 254 g/mol. The highest BCUT2D eigenvalue weighted by Gasteiger charge is 2.08. The van der Waals surface area contributed by atoms with Gasteiger partial charge in [-0.25, -0.2) is 9.78 Å². The summed E-state index contributed by atoms with van der Waals surface area (Å²) in [7, 11) is 0. The second-order valence-corrected chi connectivity index (χ2v) is 5.00. The van der Waals surface area contributed by atoms with Gasteiger partial charge in [0.25, 0.3) is 0 Å². The number of carboxylic acid groups (broad SMARTS) is 1. The van der Waals surface area contributed by atoms with Gasteiger partial charge in [-0.2, -0.15) is 11.8 Å². The molecule has 1 atom stereocenters. The molecule has 0 radical (unpaired) electrons. The van der Waals surface area contributed by atoms with Gasteiger partial charge in [0.05, 0.1) is 5.56 Å². The summed E-state index contributed by atoms with van der Waals surface area (Å²) in [6.45, 7) is 3.87. The van der Waals surface area contributed by atoms with Crippen LogP contribution in [-0.4, -0.2) is 34.1 Å². The third-order valence-corrected chi connectivity index (χ3v) is 2.99. The lowest BCUT2D eigenvalue weighted by molar-refractivity contribution is 0.0696. The number of carboxylic acids is 1. The molecule has 0 aromatic carbocycles. The predicted molar refractivity (Wildman–Crippen MR) is 72.0 cm³/mol. The number of pyridine rings is 1. The highest BCUT2D eigenvalue weighted by Crippen LogP contribution is 2.13. The number of aryl methyl sites for hydroxylation is 1. The van der Waals surface area contributed by atoms with Gasteiger partial charge in [0, 0.05) is 11.7 Å². The first-order chi connectivity index (χ1) is 8.02.